The molecular weight excluding hydrogens is 329 g/mol. The molecule has 2 N–H and O–H groups in total. The maximum atomic E-state index is 13.1. The van der Waals surface area contributed by atoms with E-state index in [9.17, 15) is 4.39 Å². The summed E-state index contributed by atoms with van der Waals surface area (Å²) >= 11 is 3.25. The lowest BCUT2D eigenvalue weighted by Gasteiger charge is -2.08. The Kier molecular flexibility index (Phi) is 3.23. The maximum Gasteiger partial charge on any atom is 0.235 e. The van der Waals surface area contributed by atoms with Crippen LogP contribution in [0.4, 0.5) is 10.3 Å². The highest BCUT2D eigenvalue weighted by Crippen LogP contribution is 2.32. The molecule has 0 saturated heterocycles. The molecule has 8 heteroatoms. The number of ether oxygens (including phenoxy) is 1. The average Bonchev–Trinajstić information content (AvgIpc) is 2.90. The zero-order chi connectivity index (χ0) is 14.1. The van der Waals surface area contributed by atoms with Crippen LogP contribution in [-0.2, 0) is 0 Å². The van der Waals surface area contributed by atoms with Crippen molar-refractivity contribution in [3.05, 3.63) is 34.7 Å². The van der Waals surface area contributed by atoms with Gasteiger partial charge in [0.25, 0.3) is 0 Å². The molecule has 0 spiro atoms. The largest absolute Gasteiger partial charge is 0.437 e. The summed E-state index contributed by atoms with van der Waals surface area (Å²) < 4.78 is 19.3. The molecule has 0 aliphatic rings. The summed E-state index contributed by atoms with van der Waals surface area (Å²) in [6, 6.07) is 4.15. The molecule has 0 atom stereocenters. The third kappa shape index (κ3) is 2.29. The first-order valence-electron chi connectivity index (χ1n) is 5.69. The molecule has 1 aromatic carbocycles. The normalized spacial score (nSPS) is 10.8. The van der Waals surface area contributed by atoms with Gasteiger partial charge in [0.1, 0.15) is 17.0 Å². The van der Waals surface area contributed by atoms with Crippen molar-refractivity contribution in [2.24, 2.45) is 0 Å². The van der Waals surface area contributed by atoms with Crippen LogP contribution in [0.2, 0.25) is 0 Å². The van der Waals surface area contributed by atoms with E-state index in [1.165, 1.54) is 18.2 Å². The minimum Gasteiger partial charge on any atom is -0.437 e. The number of H-pyrrole nitrogens is 1. The van der Waals surface area contributed by atoms with E-state index in [4.69, 9.17) is 4.74 Å². The topological polar surface area (TPSA) is 75.7 Å². The van der Waals surface area contributed by atoms with Crippen LogP contribution in [0.15, 0.2) is 28.9 Å². The second kappa shape index (κ2) is 5.04. The first-order valence-corrected chi connectivity index (χ1v) is 6.48. The van der Waals surface area contributed by atoms with E-state index in [2.05, 4.69) is 41.4 Å². The summed E-state index contributed by atoms with van der Waals surface area (Å²) in [5, 5.41) is 10.1. The van der Waals surface area contributed by atoms with Gasteiger partial charge in [0.2, 0.25) is 11.8 Å². The van der Waals surface area contributed by atoms with Crippen molar-refractivity contribution in [2.45, 2.75) is 0 Å². The van der Waals surface area contributed by atoms with Gasteiger partial charge in [0, 0.05) is 7.05 Å². The van der Waals surface area contributed by atoms with E-state index >= 15 is 0 Å². The van der Waals surface area contributed by atoms with Gasteiger partial charge in [-0.3, -0.25) is 5.10 Å². The number of aromatic amines is 1. The quantitative estimate of drug-likeness (QED) is 0.768. The Morgan fingerprint density at radius 2 is 2.20 bits per heavy atom. The third-order valence-electron chi connectivity index (χ3n) is 2.60. The highest BCUT2D eigenvalue weighted by molar-refractivity contribution is 9.10. The van der Waals surface area contributed by atoms with E-state index < -0.39 is 0 Å². The van der Waals surface area contributed by atoms with Gasteiger partial charge in [-0.1, -0.05) is 0 Å². The summed E-state index contributed by atoms with van der Waals surface area (Å²) in [5.74, 6) is 0.835. The molecule has 0 radical (unpaired) electrons. The van der Waals surface area contributed by atoms with Crippen LogP contribution in [0, 0.1) is 5.82 Å². The Bertz CT molecular complexity index is 776. The molecule has 3 aromatic rings. The van der Waals surface area contributed by atoms with Crippen molar-refractivity contribution >= 4 is 32.9 Å². The maximum absolute atomic E-state index is 13.1. The number of hydrogen-bond donors (Lipinski definition) is 2. The predicted octanol–water partition coefficient (Wildman–Crippen LogP) is 3.09. The molecule has 0 aliphatic carbocycles. The molecule has 102 valence electrons. The van der Waals surface area contributed by atoms with Crippen molar-refractivity contribution in [3.63, 3.8) is 0 Å². The van der Waals surface area contributed by atoms with Crippen molar-refractivity contribution in [1.82, 2.24) is 20.2 Å². The first kappa shape index (κ1) is 12.8. The van der Waals surface area contributed by atoms with Crippen molar-refractivity contribution in [3.8, 4) is 11.6 Å². The van der Waals surface area contributed by atoms with E-state index in [1.54, 1.807) is 13.2 Å². The fourth-order valence-electron chi connectivity index (χ4n) is 1.66. The SMILES string of the molecule is CNc1nc(Oc2ccc(F)cc2Br)c2cn[nH]c2n1. The fraction of sp³-hybridized carbons (Fsp3) is 0.0833. The average molecular weight is 338 g/mol. The molecule has 0 aliphatic heterocycles. The summed E-state index contributed by atoms with van der Waals surface area (Å²) in [7, 11) is 1.70. The standard InChI is InChI=1S/C12H9BrFN5O/c1-15-12-17-10-7(5-16-19-10)11(18-12)20-9-3-2-6(14)4-8(9)13/h2-5H,1H3,(H2,15,16,17,18,19). The van der Waals surface area contributed by atoms with Gasteiger partial charge in [-0.15, -0.1) is 0 Å². The first-order chi connectivity index (χ1) is 9.67. The van der Waals surface area contributed by atoms with Crippen LogP contribution in [-0.4, -0.2) is 27.2 Å². The lowest BCUT2D eigenvalue weighted by Crippen LogP contribution is -1.99. The van der Waals surface area contributed by atoms with Crippen LogP contribution >= 0.6 is 15.9 Å². The van der Waals surface area contributed by atoms with Gasteiger partial charge in [-0.05, 0) is 34.1 Å². The molecule has 2 aromatic heterocycles. The Labute approximate surface area is 121 Å². The number of fused-ring (bicyclic) bond motifs is 1. The number of rotatable bonds is 3. The fourth-order valence-corrected chi connectivity index (χ4v) is 2.09. The van der Waals surface area contributed by atoms with Crippen LogP contribution in [0.5, 0.6) is 11.6 Å². The van der Waals surface area contributed by atoms with E-state index in [0.29, 0.717) is 33.1 Å². The molecule has 0 bridgehead atoms. The van der Waals surface area contributed by atoms with Gasteiger partial charge in [-0.2, -0.15) is 15.1 Å². The van der Waals surface area contributed by atoms with Crippen LogP contribution in [0.1, 0.15) is 0 Å². The molecule has 3 rings (SSSR count). The van der Waals surface area contributed by atoms with E-state index in [0.717, 1.165) is 0 Å². The lowest BCUT2D eigenvalue weighted by molar-refractivity contribution is 0.464. The van der Waals surface area contributed by atoms with Crippen LogP contribution in [0.25, 0.3) is 11.0 Å². The van der Waals surface area contributed by atoms with Crippen LogP contribution < -0.4 is 10.1 Å². The molecule has 0 fully saturated rings. The van der Waals surface area contributed by atoms with Gasteiger partial charge < -0.3 is 10.1 Å². The lowest BCUT2D eigenvalue weighted by atomic mass is 10.3. The number of hydrogen-bond acceptors (Lipinski definition) is 5. The summed E-state index contributed by atoms with van der Waals surface area (Å²) in [5.41, 5.74) is 0.553. The second-order valence-electron chi connectivity index (χ2n) is 3.91. The Balaban J connectivity index is 2.07. The smallest absolute Gasteiger partial charge is 0.235 e. The van der Waals surface area contributed by atoms with E-state index in [-0.39, 0.29) is 5.82 Å². The summed E-state index contributed by atoms with van der Waals surface area (Å²) in [4.78, 5) is 8.43. The monoisotopic (exact) mass is 337 g/mol. The van der Waals surface area contributed by atoms with Gasteiger partial charge >= 0.3 is 0 Å². The molecule has 0 unspecified atom stereocenters. The Morgan fingerprint density at radius 3 is 2.95 bits per heavy atom. The number of benzene rings is 1. The van der Waals surface area contributed by atoms with Gasteiger partial charge in [0.05, 0.1) is 10.7 Å². The van der Waals surface area contributed by atoms with Gasteiger partial charge in [0.15, 0.2) is 5.65 Å². The highest BCUT2D eigenvalue weighted by atomic mass is 79.9. The molecular formula is C12H9BrFN5O. The second-order valence-corrected chi connectivity index (χ2v) is 4.77. The zero-order valence-corrected chi connectivity index (χ0v) is 11.9. The number of nitrogens with zero attached hydrogens (tertiary/aromatic N) is 3. The van der Waals surface area contributed by atoms with Crippen LogP contribution in [0.3, 0.4) is 0 Å². The molecule has 2 heterocycles. The minimum absolute atomic E-state index is 0.334. The molecule has 0 amide bonds. The molecule has 20 heavy (non-hydrogen) atoms. The van der Waals surface area contributed by atoms with E-state index in [1.807, 2.05) is 0 Å². The molecule has 6 nitrogen and oxygen atoms in total. The predicted molar refractivity (Wildman–Crippen MR) is 75.4 cm³/mol. The summed E-state index contributed by atoms with van der Waals surface area (Å²) in [6.07, 6.45) is 1.57. The van der Waals surface area contributed by atoms with Crippen molar-refractivity contribution < 1.29 is 9.13 Å². The van der Waals surface area contributed by atoms with Crippen molar-refractivity contribution in [1.29, 1.82) is 0 Å². The highest BCUT2D eigenvalue weighted by Gasteiger charge is 2.12. The third-order valence-corrected chi connectivity index (χ3v) is 3.22. The zero-order valence-electron chi connectivity index (χ0n) is 10.3. The Hall–Kier alpha value is -2.22. The molecule has 0 saturated carbocycles. The van der Waals surface area contributed by atoms with Gasteiger partial charge in [-0.25, -0.2) is 4.39 Å². The number of aromatic nitrogens is 4. The summed E-state index contributed by atoms with van der Waals surface area (Å²) in [6.45, 7) is 0. The minimum atomic E-state index is -0.351. The Morgan fingerprint density at radius 1 is 1.35 bits per heavy atom. The number of anilines is 1. The number of halogens is 2. The number of nitrogens with one attached hydrogen (secondary N) is 2. The van der Waals surface area contributed by atoms with Crippen molar-refractivity contribution in [2.75, 3.05) is 12.4 Å².